The Morgan fingerprint density at radius 2 is 2.08 bits per heavy atom. The first kappa shape index (κ1) is 23.5. The van der Waals surface area contributed by atoms with Gasteiger partial charge in [-0.25, -0.2) is 0 Å². The molecule has 7 nitrogen and oxygen atoms in total. The van der Waals surface area contributed by atoms with Crippen LogP contribution in [-0.2, 0) is 43.2 Å². The predicted molar refractivity (Wildman–Crippen MR) is 121 cm³/mol. The van der Waals surface area contributed by atoms with Gasteiger partial charge in [-0.05, 0) is 45.6 Å². The summed E-state index contributed by atoms with van der Waals surface area (Å²) in [5, 5.41) is 4.56. The summed E-state index contributed by atoms with van der Waals surface area (Å²) >= 11 is 0. The maximum absolute atomic E-state index is 12.2. The molecule has 0 saturated carbocycles. The van der Waals surface area contributed by atoms with E-state index in [0.29, 0.717) is 32.4 Å². The third-order valence-electron chi connectivity index (χ3n) is 4.51. The number of fused-ring (bicyclic) bond motifs is 1. The Balaban J connectivity index is -0.00000000897. The van der Waals surface area contributed by atoms with E-state index in [4.69, 9.17) is 4.74 Å². The van der Waals surface area contributed by atoms with Crippen molar-refractivity contribution in [3.63, 3.8) is 0 Å². The quantitative estimate of drug-likeness (QED) is 0.341. The number of aryl methyl sites for hydroxylation is 1. The van der Waals surface area contributed by atoms with Crippen LogP contribution in [0.15, 0.2) is 6.20 Å². The van der Waals surface area contributed by atoms with Crippen molar-refractivity contribution >= 4 is 17.7 Å². The maximum Gasteiger partial charge on any atom is 1.00 e. The molecule has 0 aromatic carbocycles. The molecular weight excluding hydrogens is 363 g/mol. The summed E-state index contributed by atoms with van der Waals surface area (Å²) in [6.45, 7) is 6.20. The second-order valence-electron chi connectivity index (χ2n) is 7.06. The molecule has 2 rings (SSSR count). The van der Waals surface area contributed by atoms with Crippen molar-refractivity contribution in [2.45, 2.75) is 53.0 Å². The Morgan fingerprint density at radius 3 is 2.69 bits per heavy atom. The van der Waals surface area contributed by atoms with Gasteiger partial charge in [-0.15, -0.1) is 0 Å². The van der Waals surface area contributed by atoms with Gasteiger partial charge >= 0.3 is 63.3 Å². The number of ether oxygens (including phenoxy) is 2. The fraction of sp³-hybridized carbons (Fsp3) is 0.667. The summed E-state index contributed by atoms with van der Waals surface area (Å²) in [6, 6.07) is 0. The molecule has 0 saturated heterocycles. The van der Waals surface area contributed by atoms with Gasteiger partial charge in [0.05, 0.1) is 31.4 Å². The minimum absolute atomic E-state index is 0. The molecule has 1 aliphatic carbocycles. The van der Waals surface area contributed by atoms with E-state index in [0.717, 1.165) is 11.3 Å². The minimum Gasteiger partial charge on any atom is -1.00 e. The van der Waals surface area contributed by atoms with Crippen molar-refractivity contribution in [1.82, 2.24) is 9.78 Å². The zero-order valence-corrected chi connectivity index (χ0v) is 19.5. The van der Waals surface area contributed by atoms with Crippen molar-refractivity contribution in [1.29, 1.82) is 0 Å². The molecule has 1 aromatic heterocycles. The number of Topliss-reactive ketones (excluding diaryl/α,β-unsaturated/α-hetero) is 1. The van der Waals surface area contributed by atoms with E-state index < -0.39 is 11.4 Å². The molecular formula is C18H54KN2O5-27. The molecule has 1 atom stereocenters. The summed E-state index contributed by atoms with van der Waals surface area (Å²) in [7, 11) is 1.28. The first-order valence-electron chi connectivity index (χ1n) is 8.58. The van der Waals surface area contributed by atoms with E-state index in [2.05, 4.69) is 9.84 Å². The number of nitrogens with zero attached hydrogens (tertiary/aromatic N) is 2. The average Bonchev–Trinajstić information content (AvgIpc) is 2.95. The number of ketones is 1. The van der Waals surface area contributed by atoms with Crippen molar-refractivity contribution in [2.24, 2.45) is 11.3 Å². The van der Waals surface area contributed by atoms with Crippen LogP contribution in [0.3, 0.4) is 0 Å². The van der Waals surface area contributed by atoms with Crippen LogP contribution in [0.25, 0.3) is 0 Å². The van der Waals surface area contributed by atoms with Gasteiger partial charge in [-0.2, -0.15) is 5.10 Å². The molecule has 1 aliphatic rings. The first-order valence-corrected chi connectivity index (χ1v) is 8.58. The van der Waals surface area contributed by atoms with E-state index in [1.54, 1.807) is 11.6 Å². The van der Waals surface area contributed by atoms with Crippen LogP contribution in [0.1, 0.15) is 84.8 Å². The molecule has 8 heteroatoms. The van der Waals surface area contributed by atoms with Crippen molar-refractivity contribution < 1.29 is 115 Å². The van der Waals surface area contributed by atoms with Crippen LogP contribution < -0.4 is 51.4 Å². The second kappa shape index (κ2) is 10.1. The number of hydrogen-bond acceptors (Lipinski definition) is 6. The number of carbonyl (C=O) groups excluding carboxylic acids is 3. The Labute approximate surface area is 238 Å². The van der Waals surface area contributed by atoms with Crippen molar-refractivity contribution in [2.75, 3.05) is 13.7 Å². The molecule has 1 unspecified atom stereocenters. The number of carbonyl (C=O) groups is 3. The second-order valence-corrected chi connectivity index (χ2v) is 7.06. The van der Waals surface area contributed by atoms with Crippen LogP contribution in [0.4, 0.5) is 0 Å². The Bertz CT molecular complexity index is 722. The molecule has 1 heterocycles. The monoisotopic (exact) mass is 474 g/mol. The van der Waals surface area contributed by atoms with Crippen molar-refractivity contribution in [3.05, 3.63) is 17.5 Å². The van der Waals surface area contributed by atoms with Gasteiger partial charge in [-0.3, -0.25) is 19.1 Å². The molecule has 0 amide bonds. The fourth-order valence-electron chi connectivity index (χ4n) is 3.07. The fourth-order valence-corrected chi connectivity index (χ4v) is 3.07. The van der Waals surface area contributed by atoms with E-state index in [9.17, 15) is 14.4 Å². The van der Waals surface area contributed by atoms with Crippen LogP contribution in [0.2, 0.25) is 0 Å². The smallest absolute Gasteiger partial charge is 1.00 e. The van der Waals surface area contributed by atoms with Gasteiger partial charge in [0.25, 0.3) is 0 Å². The van der Waals surface area contributed by atoms with E-state index >= 15 is 0 Å². The number of esters is 2. The first-order chi connectivity index (χ1) is 11.8. The standard InChI is InChI=1S/C18H26N2O5.K.28H/c1-5-25-17(23)18(2,3)11-20-10-13-8-12(6-7-14(13)19-20)15(21)9-16(22)24-4;;;;;;;;;;;;;;;;;;;;;;;;;;;;;/h10,12H,5-9,11H2,1-4H3;;;;;;;;;;;;;;;;;;;;;;;;;;;;;/q;+1;28*-1/i;;28*1+2. The molecule has 0 bridgehead atoms. The molecule has 1 aromatic rings. The summed E-state index contributed by atoms with van der Waals surface area (Å²) in [4.78, 5) is 35.5. The number of aromatic nitrogens is 2. The SMILES string of the molecule is CCOC(=O)C(C)(C)Cn1cc2c(n1)CCC(C(=O)CC(=O)OC)C2.[3H-].[3H-].[3H-].[3H-].[3H-].[3H-].[3H-].[3H-].[3H-].[3H-].[3H-].[3H-].[3H-].[3H-].[3H-].[3H-].[3H-].[3H-].[3H-].[3H-].[3H-].[3H-].[3H-].[3H-].[3H-].[3H-].[3H-].[3H-].[K+]. The van der Waals surface area contributed by atoms with Crippen LogP contribution >= 0.6 is 0 Å². The van der Waals surface area contributed by atoms with Crippen LogP contribution in [0.5, 0.6) is 0 Å². The molecule has 0 fully saturated rings. The third-order valence-corrected chi connectivity index (χ3v) is 4.51. The summed E-state index contributed by atoms with van der Waals surface area (Å²) in [5.74, 6) is -1.02. The summed E-state index contributed by atoms with van der Waals surface area (Å²) < 4.78 is 11.4. The zero-order chi connectivity index (χ0) is 18.6. The molecule has 26 heavy (non-hydrogen) atoms. The zero-order valence-electron chi connectivity index (χ0n) is 44.3. The van der Waals surface area contributed by atoms with Gasteiger partial charge < -0.3 is 49.4 Å². The molecule has 0 N–H and O–H groups in total. The van der Waals surface area contributed by atoms with Gasteiger partial charge in [0.15, 0.2) is 0 Å². The summed E-state index contributed by atoms with van der Waals surface area (Å²) in [5.41, 5.74) is 1.29. The van der Waals surface area contributed by atoms with E-state index in [-0.39, 0.29) is 115 Å². The third kappa shape index (κ3) is 5.99. The number of hydrogen-bond donors (Lipinski definition) is 0. The Hall–Kier alpha value is -0.544. The van der Waals surface area contributed by atoms with Crippen molar-refractivity contribution in [3.8, 4) is 0 Å². The van der Waals surface area contributed by atoms with Crippen LogP contribution in [0, 0.1) is 11.3 Å². The molecule has 0 aliphatic heterocycles. The number of methoxy groups -OCH3 is 1. The van der Waals surface area contributed by atoms with E-state index in [1.807, 2.05) is 20.0 Å². The minimum atomic E-state index is -0.676. The maximum atomic E-state index is 12.2. The summed E-state index contributed by atoms with van der Waals surface area (Å²) in [6.07, 6.45) is 3.67. The molecule has 0 spiro atoms. The average molecular weight is 474 g/mol. The predicted octanol–water partition coefficient (Wildman–Crippen LogP) is 1.86. The van der Waals surface area contributed by atoms with Gasteiger partial charge in [0.1, 0.15) is 12.2 Å². The topological polar surface area (TPSA) is 87.5 Å². The normalized spacial score (nSPS) is 16.2. The van der Waals surface area contributed by atoms with Gasteiger partial charge in [0.2, 0.25) is 0 Å². The van der Waals surface area contributed by atoms with E-state index in [1.165, 1.54) is 7.11 Å². The Morgan fingerprint density at radius 1 is 1.38 bits per heavy atom. The van der Waals surface area contributed by atoms with Gasteiger partial charge in [0, 0.05) is 12.1 Å². The molecule has 194 valence electrons. The molecule has 0 radical (unpaired) electrons. The van der Waals surface area contributed by atoms with Crippen LogP contribution in [-0.4, -0.2) is 41.2 Å². The Kier molecular flexibility index (Phi) is 9.15. The largest absolute Gasteiger partial charge is 1.00 e. The van der Waals surface area contributed by atoms with Gasteiger partial charge in [-0.1, -0.05) is 0 Å². The number of rotatable bonds is 7.